The first-order chi connectivity index (χ1) is 14.2. The number of halogens is 1. The number of piperidine rings is 1. The van der Waals surface area contributed by atoms with Crippen LogP contribution in [-0.2, 0) is 6.54 Å². The molecular weight excluding hydrogens is 384 g/mol. The van der Waals surface area contributed by atoms with Crippen LogP contribution in [0.25, 0.3) is 11.1 Å². The molecule has 0 spiro atoms. The second-order valence-corrected chi connectivity index (χ2v) is 7.58. The summed E-state index contributed by atoms with van der Waals surface area (Å²) in [6.07, 6.45) is 7.32. The minimum absolute atomic E-state index is 0.141. The summed E-state index contributed by atoms with van der Waals surface area (Å²) in [4.78, 5) is 23.9. The minimum atomic E-state index is -0.141. The lowest BCUT2D eigenvalue weighted by Gasteiger charge is -2.26. The van der Waals surface area contributed by atoms with Crippen LogP contribution in [0.5, 0.6) is 0 Å². The minimum Gasteiger partial charge on any atom is -0.348 e. The molecule has 1 fully saturated rings. The molecule has 5 nitrogen and oxygen atoms in total. The van der Waals surface area contributed by atoms with Crippen LogP contribution in [0.3, 0.4) is 0 Å². The van der Waals surface area contributed by atoms with Gasteiger partial charge in [-0.3, -0.25) is 4.79 Å². The molecule has 4 rings (SSSR count). The Kier molecular flexibility index (Phi) is 6.06. The van der Waals surface area contributed by atoms with Crippen LogP contribution >= 0.6 is 11.6 Å². The normalized spacial score (nSPS) is 13.9. The maximum Gasteiger partial charge on any atom is 0.251 e. The van der Waals surface area contributed by atoms with Crippen molar-refractivity contribution in [2.75, 3.05) is 18.0 Å². The summed E-state index contributed by atoms with van der Waals surface area (Å²) < 4.78 is 0. The van der Waals surface area contributed by atoms with Crippen molar-refractivity contribution >= 4 is 23.5 Å². The molecule has 2 heterocycles. The van der Waals surface area contributed by atoms with E-state index >= 15 is 0 Å². The second kappa shape index (κ2) is 9.05. The van der Waals surface area contributed by atoms with Gasteiger partial charge in [0.2, 0.25) is 5.95 Å². The molecular formula is C23H23ClN4O. The number of aromatic nitrogens is 2. The standard InChI is InChI=1S/C23H23ClN4O/c24-21-10-3-2-7-19(21)14-25-22(29)18-9-6-8-17(13-18)20-15-26-23(27-16-20)28-11-4-1-5-12-28/h2-3,6-10,13,15-16H,1,4-5,11-12,14H2,(H,25,29). The third-order valence-corrected chi connectivity index (χ3v) is 5.50. The molecule has 148 valence electrons. The quantitative estimate of drug-likeness (QED) is 0.666. The molecule has 0 bridgehead atoms. The smallest absolute Gasteiger partial charge is 0.251 e. The molecule has 29 heavy (non-hydrogen) atoms. The van der Waals surface area contributed by atoms with Crippen LogP contribution in [0.15, 0.2) is 60.9 Å². The fourth-order valence-electron chi connectivity index (χ4n) is 3.49. The highest BCUT2D eigenvalue weighted by molar-refractivity contribution is 6.31. The van der Waals surface area contributed by atoms with Crippen molar-refractivity contribution in [2.24, 2.45) is 0 Å². The SMILES string of the molecule is O=C(NCc1ccccc1Cl)c1cccc(-c2cnc(N3CCCCC3)nc2)c1. The van der Waals surface area contributed by atoms with Crippen LogP contribution in [0.2, 0.25) is 5.02 Å². The number of hydrogen-bond acceptors (Lipinski definition) is 4. The molecule has 1 aliphatic heterocycles. The highest BCUT2D eigenvalue weighted by Gasteiger charge is 2.14. The van der Waals surface area contributed by atoms with Gasteiger partial charge in [0.15, 0.2) is 0 Å². The summed E-state index contributed by atoms with van der Waals surface area (Å²) in [5, 5.41) is 3.57. The van der Waals surface area contributed by atoms with Crippen LogP contribution in [0, 0.1) is 0 Å². The molecule has 0 unspecified atom stereocenters. The average Bonchev–Trinajstić information content (AvgIpc) is 2.79. The van der Waals surface area contributed by atoms with Crippen LogP contribution in [0.1, 0.15) is 35.2 Å². The van der Waals surface area contributed by atoms with Gasteiger partial charge in [-0.1, -0.05) is 41.9 Å². The number of hydrogen-bond donors (Lipinski definition) is 1. The zero-order chi connectivity index (χ0) is 20.1. The van der Waals surface area contributed by atoms with Crippen molar-refractivity contribution in [1.29, 1.82) is 0 Å². The maximum atomic E-state index is 12.6. The molecule has 1 N–H and O–H groups in total. The summed E-state index contributed by atoms with van der Waals surface area (Å²) in [5.74, 6) is 0.639. The van der Waals surface area contributed by atoms with Crippen LogP contribution in [-0.4, -0.2) is 29.0 Å². The Morgan fingerprint density at radius 1 is 0.966 bits per heavy atom. The Morgan fingerprint density at radius 3 is 2.48 bits per heavy atom. The summed E-state index contributed by atoms with van der Waals surface area (Å²) in [6.45, 7) is 2.41. The largest absolute Gasteiger partial charge is 0.348 e. The summed E-state index contributed by atoms with van der Waals surface area (Å²) >= 11 is 6.16. The van der Waals surface area contributed by atoms with E-state index in [9.17, 15) is 4.79 Å². The van der Waals surface area contributed by atoms with Gasteiger partial charge in [-0.15, -0.1) is 0 Å². The molecule has 1 aromatic heterocycles. The van der Waals surface area contributed by atoms with Gasteiger partial charge in [-0.2, -0.15) is 0 Å². The van der Waals surface area contributed by atoms with E-state index in [1.54, 1.807) is 6.07 Å². The Balaban J connectivity index is 1.45. The zero-order valence-electron chi connectivity index (χ0n) is 16.1. The van der Waals surface area contributed by atoms with Gasteiger partial charge in [-0.25, -0.2) is 9.97 Å². The number of carbonyl (C=O) groups excluding carboxylic acids is 1. The van der Waals surface area contributed by atoms with Crippen molar-refractivity contribution in [3.63, 3.8) is 0 Å². The number of carbonyl (C=O) groups is 1. The third kappa shape index (κ3) is 4.74. The third-order valence-electron chi connectivity index (χ3n) is 5.13. The predicted molar refractivity (Wildman–Crippen MR) is 116 cm³/mol. The van der Waals surface area contributed by atoms with Crippen molar-refractivity contribution in [2.45, 2.75) is 25.8 Å². The molecule has 0 atom stereocenters. The molecule has 2 aromatic carbocycles. The Hall–Kier alpha value is -2.92. The fraction of sp³-hybridized carbons (Fsp3) is 0.261. The Morgan fingerprint density at radius 2 is 1.72 bits per heavy atom. The molecule has 6 heteroatoms. The van der Waals surface area contributed by atoms with Crippen LogP contribution < -0.4 is 10.2 Å². The first-order valence-electron chi connectivity index (χ1n) is 9.90. The summed E-state index contributed by atoms with van der Waals surface area (Å²) in [6, 6.07) is 15.0. The van der Waals surface area contributed by atoms with Crippen molar-refractivity contribution in [3.05, 3.63) is 77.1 Å². The van der Waals surface area contributed by atoms with Gasteiger partial charge in [0.1, 0.15) is 0 Å². The van der Waals surface area contributed by atoms with Gasteiger partial charge < -0.3 is 10.2 Å². The summed E-state index contributed by atoms with van der Waals surface area (Å²) in [7, 11) is 0. The maximum absolute atomic E-state index is 12.6. The number of amides is 1. The van der Waals surface area contributed by atoms with E-state index in [0.29, 0.717) is 17.1 Å². The Labute approximate surface area is 175 Å². The van der Waals surface area contributed by atoms with Gasteiger partial charge in [0.25, 0.3) is 5.91 Å². The molecule has 0 saturated carbocycles. The van der Waals surface area contributed by atoms with Crippen molar-refractivity contribution in [3.8, 4) is 11.1 Å². The topological polar surface area (TPSA) is 58.1 Å². The molecule has 3 aromatic rings. The van der Waals surface area contributed by atoms with E-state index in [1.807, 2.05) is 54.9 Å². The van der Waals surface area contributed by atoms with E-state index in [2.05, 4.69) is 20.2 Å². The number of benzene rings is 2. The number of anilines is 1. The lowest BCUT2D eigenvalue weighted by molar-refractivity contribution is 0.0951. The monoisotopic (exact) mass is 406 g/mol. The fourth-order valence-corrected chi connectivity index (χ4v) is 3.69. The van der Waals surface area contributed by atoms with E-state index in [0.717, 1.165) is 35.7 Å². The summed E-state index contributed by atoms with van der Waals surface area (Å²) in [5.41, 5.74) is 3.29. The number of nitrogens with zero attached hydrogens (tertiary/aromatic N) is 3. The predicted octanol–water partition coefficient (Wildman–Crippen LogP) is 4.72. The molecule has 1 amide bonds. The molecule has 0 aliphatic carbocycles. The molecule has 1 aliphatic rings. The van der Waals surface area contributed by atoms with E-state index in [-0.39, 0.29) is 5.91 Å². The highest BCUT2D eigenvalue weighted by Crippen LogP contribution is 2.22. The zero-order valence-corrected chi connectivity index (χ0v) is 16.9. The first-order valence-corrected chi connectivity index (χ1v) is 10.3. The second-order valence-electron chi connectivity index (χ2n) is 7.17. The van der Waals surface area contributed by atoms with Gasteiger partial charge in [-0.05, 0) is 48.6 Å². The van der Waals surface area contributed by atoms with E-state index < -0.39 is 0 Å². The van der Waals surface area contributed by atoms with Crippen LogP contribution in [0.4, 0.5) is 5.95 Å². The van der Waals surface area contributed by atoms with E-state index in [4.69, 9.17) is 11.6 Å². The van der Waals surface area contributed by atoms with E-state index in [1.165, 1.54) is 19.3 Å². The number of rotatable bonds is 5. The van der Waals surface area contributed by atoms with Gasteiger partial charge >= 0.3 is 0 Å². The van der Waals surface area contributed by atoms with Gasteiger partial charge in [0, 0.05) is 48.2 Å². The average molecular weight is 407 g/mol. The first kappa shape index (κ1) is 19.4. The van der Waals surface area contributed by atoms with Crippen molar-refractivity contribution < 1.29 is 4.79 Å². The van der Waals surface area contributed by atoms with Gasteiger partial charge in [0.05, 0.1) is 0 Å². The van der Waals surface area contributed by atoms with Crippen molar-refractivity contribution in [1.82, 2.24) is 15.3 Å². The Bertz CT molecular complexity index is 984. The lowest BCUT2D eigenvalue weighted by atomic mass is 10.1. The lowest BCUT2D eigenvalue weighted by Crippen LogP contribution is -2.30. The number of nitrogens with one attached hydrogen (secondary N) is 1. The highest BCUT2D eigenvalue weighted by atomic mass is 35.5. The molecule has 1 saturated heterocycles. The molecule has 0 radical (unpaired) electrons.